The first-order valence-corrected chi connectivity index (χ1v) is 6.15. The number of nitrogens with one attached hydrogen (secondary N) is 1. The van der Waals surface area contributed by atoms with E-state index >= 15 is 0 Å². The van der Waals surface area contributed by atoms with Gasteiger partial charge in [-0.2, -0.15) is 13.2 Å². The van der Waals surface area contributed by atoms with E-state index in [1.54, 1.807) is 18.2 Å². The third-order valence-corrected chi connectivity index (χ3v) is 3.04. The zero-order valence-corrected chi connectivity index (χ0v) is 11.0. The Labute approximate surface area is 118 Å². The van der Waals surface area contributed by atoms with E-state index in [0.29, 0.717) is 11.3 Å². The molecule has 0 aliphatic heterocycles. The maximum absolute atomic E-state index is 12.6. The van der Waals surface area contributed by atoms with Crippen LogP contribution in [0.4, 0.5) is 13.2 Å². The molecule has 0 saturated heterocycles. The summed E-state index contributed by atoms with van der Waals surface area (Å²) in [7, 11) is 0. The van der Waals surface area contributed by atoms with Crippen LogP contribution in [0.15, 0.2) is 40.8 Å². The number of hydrazine groups is 1. The summed E-state index contributed by atoms with van der Waals surface area (Å²) in [6.07, 6.45) is -4.11. The Kier molecular flexibility index (Phi) is 4.37. The van der Waals surface area contributed by atoms with Crippen LogP contribution in [-0.2, 0) is 12.6 Å². The Balaban J connectivity index is 2.20. The summed E-state index contributed by atoms with van der Waals surface area (Å²) in [4.78, 5) is 0. The fourth-order valence-corrected chi connectivity index (χ4v) is 2.02. The molecule has 1 unspecified atom stereocenters. The molecule has 1 aromatic heterocycles. The summed E-state index contributed by atoms with van der Waals surface area (Å²) >= 11 is 5.67. The first-order valence-electron chi connectivity index (χ1n) is 5.77. The van der Waals surface area contributed by atoms with Gasteiger partial charge in [-0.05, 0) is 41.8 Å². The van der Waals surface area contributed by atoms with Crippen molar-refractivity contribution in [3.63, 3.8) is 0 Å². The first-order chi connectivity index (χ1) is 9.40. The predicted octanol–water partition coefficient (Wildman–Crippen LogP) is 3.70. The molecule has 1 heterocycles. The molecule has 0 amide bonds. The zero-order chi connectivity index (χ0) is 14.8. The highest BCUT2D eigenvalue weighted by Crippen LogP contribution is 2.30. The van der Waals surface area contributed by atoms with Gasteiger partial charge in [-0.15, -0.1) is 0 Å². The van der Waals surface area contributed by atoms with Gasteiger partial charge in [0.1, 0.15) is 5.76 Å². The van der Waals surface area contributed by atoms with Crippen LogP contribution in [0.5, 0.6) is 0 Å². The standard InChI is InChI=1S/C13H12ClF3N2O/c14-12-5-4-11(20-12)10(19-18)7-8-2-1-3-9(6-8)13(15,16)17/h1-6,10,19H,7,18H2. The molecule has 0 fully saturated rings. The predicted molar refractivity (Wildman–Crippen MR) is 68.9 cm³/mol. The van der Waals surface area contributed by atoms with Gasteiger partial charge in [0, 0.05) is 0 Å². The lowest BCUT2D eigenvalue weighted by Crippen LogP contribution is -2.29. The van der Waals surface area contributed by atoms with Crippen LogP contribution in [0.25, 0.3) is 0 Å². The van der Waals surface area contributed by atoms with E-state index in [0.717, 1.165) is 12.1 Å². The Morgan fingerprint density at radius 2 is 2.00 bits per heavy atom. The van der Waals surface area contributed by atoms with Crippen LogP contribution in [-0.4, -0.2) is 0 Å². The van der Waals surface area contributed by atoms with Crippen molar-refractivity contribution in [1.82, 2.24) is 5.43 Å². The van der Waals surface area contributed by atoms with E-state index in [1.807, 2.05) is 0 Å². The minimum atomic E-state index is -4.37. The minimum absolute atomic E-state index is 0.198. The molecule has 0 spiro atoms. The second-order valence-electron chi connectivity index (χ2n) is 4.26. The van der Waals surface area contributed by atoms with Crippen molar-refractivity contribution in [2.45, 2.75) is 18.6 Å². The Hall–Kier alpha value is -1.50. The molecule has 7 heteroatoms. The summed E-state index contributed by atoms with van der Waals surface area (Å²) in [5.41, 5.74) is 2.31. The van der Waals surface area contributed by atoms with Crippen LogP contribution >= 0.6 is 11.6 Å². The summed E-state index contributed by atoms with van der Waals surface area (Å²) in [5.74, 6) is 5.88. The lowest BCUT2D eigenvalue weighted by Gasteiger charge is -2.14. The number of benzene rings is 1. The van der Waals surface area contributed by atoms with Crippen molar-refractivity contribution in [3.8, 4) is 0 Å². The van der Waals surface area contributed by atoms with Crippen LogP contribution in [0.3, 0.4) is 0 Å². The van der Waals surface area contributed by atoms with Gasteiger partial charge < -0.3 is 4.42 Å². The molecule has 0 saturated carbocycles. The Morgan fingerprint density at radius 1 is 1.25 bits per heavy atom. The van der Waals surface area contributed by atoms with Gasteiger partial charge in [-0.3, -0.25) is 5.84 Å². The molecule has 2 rings (SSSR count). The highest BCUT2D eigenvalue weighted by molar-refractivity contribution is 6.28. The SMILES string of the molecule is NNC(Cc1cccc(C(F)(F)F)c1)c1ccc(Cl)o1. The third-order valence-electron chi connectivity index (χ3n) is 2.83. The van der Waals surface area contributed by atoms with E-state index < -0.39 is 17.8 Å². The van der Waals surface area contributed by atoms with Crippen molar-refractivity contribution in [2.24, 2.45) is 5.84 Å². The fourth-order valence-electron chi connectivity index (χ4n) is 1.87. The molecule has 0 bridgehead atoms. The largest absolute Gasteiger partial charge is 0.448 e. The molecule has 0 aliphatic carbocycles. The zero-order valence-electron chi connectivity index (χ0n) is 10.2. The molecule has 2 aromatic rings. The number of hydrogen-bond acceptors (Lipinski definition) is 3. The van der Waals surface area contributed by atoms with Gasteiger partial charge in [-0.25, -0.2) is 5.43 Å². The summed E-state index contributed by atoms with van der Waals surface area (Å²) in [6.45, 7) is 0. The fraction of sp³-hybridized carbons (Fsp3) is 0.231. The summed E-state index contributed by atoms with van der Waals surface area (Å²) in [6, 6.07) is 7.80. The number of nitrogens with two attached hydrogens (primary N) is 1. The molecule has 20 heavy (non-hydrogen) atoms. The molecular weight excluding hydrogens is 293 g/mol. The number of alkyl halides is 3. The molecular formula is C13H12ClF3N2O. The minimum Gasteiger partial charge on any atom is -0.448 e. The maximum atomic E-state index is 12.6. The lowest BCUT2D eigenvalue weighted by atomic mass is 10.0. The van der Waals surface area contributed by atoms with Crippen LogP contribution in [0.2, 0.25) is 5.22 Å². The van der Waals surface area contributed by atoms with Crippen molar-refractivity contribution >= 4 is 11.6 Å². The maximum Gasteiger partial charge on any atom is 0.416 e. The molecule has 0 radical (unpaired) electrons. The smallest absolute Gasteiger partial charge is 0.416 e. The first kappa shape index (κ1) is 14.9. The molecule has 3 nitrogen and oxygen atoms in total. The van der Waals surface area contributed by atoms with Gasteiger partial charge in [0.25, 0.3) is 0 Å². The van der Waals surface area contributed by atoms with Crippen LogP contribution < -0.4 is 11.3 Å². The quantitative estimate of drug-likeness (QED) is 0.669. The second kappa shape index (κ2) is 5.87. The van der Waals surface area contributed by atoms with Crippen molar-refractivity contribution in [3.05, 3.63) is 58.5 Å². The summed E-state index contributed by atoms with van der Waals surface area (Å²) < 4.78 is 43.1. The Bertz CT molecular complexity index is 583. The van der Waals surface area contributed by atoms with E-state index in [2.05, 4.69) is 5.43 Å². The van der Waals surface area contributed by atoms with Gasteiger partial charge in [0.15, 0.2) is 5.22 Å². The monoisotopic (exact) mass is 304 g/mol. The van der Waals surface area contributed by atoms with E-state index in [4.69, 9.17) is 21.9 Å². The van der Waals surface area contributed by atoms with Crippen LogP contribution in [0, 0.1) is 0 Å². The van der Waals surface area contributed by atoms with Gasteiger partial charge in [0.2, 0.25) is 0 Å². The van der Waals surface area contributed by atoms with E-state index in [-0.39, 0.29) is 11.6 Å². The van der Waals surface area contributed by atoms with Crippen molar-refractivity contribution in [1.29, 1.82) is 0 Å². The molecule has 0 aliphatic rings. The normalized spacial score (nSPS) is 13.4. The highest BCUT2D eigenvalue weighted by Gasteiger charge is 2.30. The second-order valence-corrected chi connectivity index (χ2v) is 4.64. The van der Waals surface area contributed by atoms with Crippen molar-refractivity contribution in [2.75, 3.05) is 0 Å². The average molecular weight is 305 g/mol. The van der Waals surface area contributed by atoms with E-state index in [9.17, 15) is 13.2 Å². The molecule has 108 valence electrons. The van der Waals surface area contributed by atoms with E-state index in [1.165, 1.54) is 6.07 Å². The lowest BCUT2D eigenvalue weighted by molar-refractivity contribution is -0.137. The molecule has 3 N–H and O–H groups in total. The average Bonchev–Trinajstić information content (AvgIpc) is 2.82. The number of furan rings is 1. The van der Waals surface area contributed by atoms with Crippen LogP contribution in [0.1, 0.15) is 22.9 Å². The molecule has 1 aromatic carbocycles. The number of hydrogen-bond donors (Lipinski definition) is 2. The van der Waals surface area contributed by atoms with Gasteiger partial charge in [-0.1, -0.05) is 18.2 Å². The highest BCUT2D eigenvalue weighted by atomic mass is 35.5. The number of halogens is 4. The third kappa shape index (κ3) is 3.53. The topological polar surface area (TPSA) is 51.2 Å². The Morgan fingerprint density at radius 3 is 2.55 bits per heavy atom. The van der Waals surface area contributed by atoms with Gasteiger partial charge >= 0.3 is 6.18 Å². The number of rotatable bonds is 4. The molecule has 1 atom stereocenters. The summed E-state index contributed by atoms with van der Waals surface area (Å²) in [5, 5.41) is 0.198. The van der Waals surface area contributed by atoms with Crippen molar-refractivity contribution < 1.29 is 17.6 Å². The van der Waals surface area contributed by atoms with Gasteiger partial charge in [0.05, 0.1) is 11.6 Å².